The summed E-state index contributed by atoms with van der Waals surface area (Å²) < 4.78 is 29.0. The van der Waals surface area contributed by atoms with E-state index in [1.807, 2.05) is 42.7 Å². The molecular formula is C29H27F2N3. The molecule has 5 heteroatoms. The molecule has 3 nitrogen and oxygen atoms in total. The van der Waals surface area contributed by atoms with Gasteiger partial charge in [0.1, 0.15) is 23.5 Å². The summed E-state index contributed by atoms with van der Waals surface area (Å²) in [6.45, 7) is 2.17. The normalized spacial score (nSPS) is 11.0. The standard InChI is InChI=1S/C29H27F2N3/c1-2-3-4-22-18-33-28(34-19-22)14-8-20-7-13-26-24(15-20)12-11-23(29(26)31)9-5-21-6-10-25(17-32)27(30)16-21/h6-7,10-13,15-16,18-19H,2-5,8-9,14H2,1H3. The Balaban J connectivity index is 1.41. The average molecular weight is 456 g/mol. The largest absolute Gasteiger partial charge is 0.241 e. The van der Waals surface area contributed by atoms with Crippen molar-refractivity contribution in [3.63, 3.8) is 0 Å². The summed E-state index contributed by atoms with van der Waals surface area (Å²) in [4.78, 5) is 8.97. The highest BCUT2D eigenvalue weighted by molar-refractivity contribution is 5.84. The third-order valence-electron chi connectivity index (χ3n) is 6.15. The summed E-state index contributed by atoms with van der Waals surface area (Å²) in [5, 5.41) is 10.3. The lowest BCUT2D eigenvalue weighted by Gasteiger charge is -2.09. The molecule has 0 amide bonds. The third kappa shape index (κ3) is 5.63. The van der Waals surface area contributed by atoms with Gasteiger partial charge in [-0.05, 0) is 71.9 Å². The lowest BCUT2D eigenvalue weighted by atomic mass is 9.98. The van der Waals surface area contributed by atoms with Crippen molar-refractivity contribution in [1.29, 1.82) is 5.26 Å². The first-order valence-electron chi connectivity index (χ1n) is 11.8. The van der Waals surface area contributed by atoms with Crippen LogP contribution in [0.25, 0.3) is 10.8 Å². The van der Waals surface area contributed by atoms with Gasteiger partial charge in [0.2, 0.25) is 0 Å². The van der Waals surface area contributed by atoms with Crippen molar-refractivity contribution >= 4 is 10.8 Å². The molecule has 0 fully saturated rings. The minimum absolute atomic E-state index is 0.0204. The van der Waals surface area contributed by atoms with Crippen molar-refractivity contribution in [3.05, 3.63) is 106 Å². The Morgan fingerprint density at radius 3 is 2.26 bits per heavy atom. The first kappa shape index (κ1) is 23.5. The fourth-order valence-corrected chi connectivity index (χ4v) is 4.10. The number of unbranched alkanes of at least 4 members (excludes halogenated alkanes) is 1. The van der Waals surface area contributed by atoms with E-state index in [0.717, 1.165) is 54.4 Å². The van der Waals surface area contributed by atoms with E-state index in [4.69, 9.17) is 5.26 Å². The van der Waals surface area contributed by atoms with Gasteiger partial charge in [-0.3, -0.25) is 0 Å². The number of aromatic nitrogens is 2. The topological polar surface area (TPSA) is 49.6 Å². The fourth-order valence-electron chi connectivity index (χ4n) is 4.10. The number of aryl methyl sites for hydroxylation is 5. The molecule has 172 valence electrons. The SMILES string of the molecule is CCCCc1cnc(CCc2ccc3c(F)c(CCc4ccc(C#N)c(F)c4)ccc3c2)nc1. The molecule has 0 unspecified atom stereocenters. The molecule has 3 aromatic carbocycles. The zero-order valence-electron chi connectivity index (χ0n) is 19.3. The van der Waals surface area contributed by atoms with Crippen LogP contribution in [0.1, 0.15) is 53.4 Å². The molecule has 1 aromatic heterocycles. The molecule has 34 heavy (non-hydrogen) atoms. The van der Waals surface area contributed by atoms with Crippen LogP contribution in [0.3, 0.4) is 0 Å². The van der Waals surface area contributed by atoms with Crippen LogP contribution in [0.5, 0.6) is 0 Å². The maximum Gasteiger partial charge on any atom is 0.141 e. The molecule has 0 atom stereocenters. The lowest BCUT2D eigenvalue weighted by Crippen LogP contribution is -2.00. The molecule has 0 spiro atoms. The van der Waals surface area contributed by atoms with Gasteiger partial charge >= 0.3 is 0 Å². The smallest absolute Gasteiger partial charge is 0.141 e. The Kier molecular flexibility index (Phi) is 7.59. The van der Waals surface area contributed by atoms with Crippen LogP contribution in [0.2, 0.25) is 0 Å². The highest BCUT2D eigenvalue weighted by Crippen LogP contribution is 2.24. The van der Waals surface area contributed by atoms with Crippen LogP contribution in [0, 0.1) is 23.0 Å². The number of nitriles is 1. The summed E-state index contributed by atoms with van der Waals surface area (Å²) in [6.07, 6.45) is 9.64. The van der Waals surface area contributed by atoms with Gasteiger partial charge in [0, 0.05) is 24.2 Å². The Bertz CT molecular complexity index is 1320. The molecule has 0 saturated carbocycles. The number of halogens is 2. The van der Waals surface area contributed by atoms with Gasteiger partial charge in [0.25, 0.3) is 0 Å². The van der Waals surface area contributed by atoms with Gasteiger partial charge in [0.15, 0.2) is 0 Å². The van der Waals surface area contributed by atoms with Gasteiger partial charge in [-0.15, -0.1) is 0 Å². The highest BCUT2D eigenvalue weighted by Gasteiger charge is 2.10. The second kappa shape index (κ2) is 11.0. The number of hydrogen-bond donors (Lipinski definition) is 0. The summed E-state index contributed by atoms with van der Waals surface area (Å²) in [6, 6.07) is 15.9. The number of rotatable bonds is 9. The van der Waals surface area contributed by atoms with E-state index < -0.39 is 5.82 Å². The second-order valence-corrected chi connectivity index (χ2v) is 8.63. The lowest BCUT2D eigenvalue weighted by molar-refractivity contribution is 0.616. The van der Waals surface area contributed by atoms with Crippen LogP contribution in [0.4, 0.5) is 8.78 Å². The molecule has 0 saturated heterocycles. The van der Waals surface area contributed by atoms with Crippen LogP contribution < -0.4 is 0 Å². The highest BCUT2D eigenvalue weighted by atomic mass is 19.1. The minimum atomic E-state index is -0.538. The summed E-state index contributed by atoms with van der Waals surface area (Å²) in [5.74, 6) is 0.0506. The van der Waals surface area contributed by atoms with E-state index in [0.29, 0.717) is 23.8 Å². The zero-order valence-corrected chi connectivity index (χ0v) is 19.3. The predicted octanol–water partition coefficient (Wildman–Crippen LogP) is 6.69. The molecule has 0 radical (unpaired) electrons. The number of nitrogens with zero attached hydrogens (tertiary/aromatic N) is 3. The number of hydrogen-bond acceptors (Lipinski definition) is 3. The van der Waals surface area contributed by atoms with Crippen molar-refractivity contribution in [1.82, 2.24) is 9.97 Å². The second-order valence-electron chi connectivity index (χ2n) is 8.63. The first-order chi connectivity index (χ1) is 16.6. The molecular weight excluding hydrogens is 428 g/mol. The molecule has 0 aliphatic heterocycles. The molecule has 4 rings (SSSR count). The van der Waals surface area contributed by atoms with E-state index in [-0.39, 0.29) is 11.4 Å². The molecule has 0 aliphatic rings. The van der Waals surface area contributed by atoms with E-state index in [2.05, 4.69) is 16.9 Å². The Morgan fingerprint density at radius 2 is 1.53 bits per heavy atom. The van der Waals surface area contributed by atoms with Gasteiger partial charge in [-0.2, -0.15) is 5.26 Å². The van der Waals surface area contributed by atoms with Crippen LogP contribution in [-0.2, 0) is 32.1 Å². The van der Waals surface area contributed by atoms with Crippen LogP contribution >= 0.6 is 0 Å². The quantitative estimate of drug-likeness (QED) is 0.282. The van der Waals surface area contributed by atoms with Crippen LogP contribution in [0.15, 0.2) is 60.9 Å². The third-order valence-corrected chi connectivity index (χ3v) is 6.15. The summed E-state index contributed by atoms with van der Waals surface area (Å²) in [5.41, 5.74) is 3.65. The van der Waals surface area contributed by atoms with Crippen molar-refractivity contribution in [2.75, 3.05) is 0 Å². The van der Waals surface area contributed by atoms with Crippen molar-refractivity contribution in [3.8, 4) is 6.07 Å². The maximum atomic E-state index is 15.1. The predicted molar refractivity (Wildman–Crippen MR) is 130 cm³/mol. The molecule has 0 bridgehead atoms. The molecule has 0 N–H and O–H groups in total. The van der Waals surface area contributed by atoms with E-state index in [1.165, 1.54) is 17.7 Å². The van der Waals surface area contributed by atoms with E-state index in [9.17, 15) is 4.39 Å². The Hall–Kier alpha value is -3.65. The molecule has 4 aromatic rings. The number of fused-ring (bicyclic) bond motifs is 1. The van der Waals surface area contributed by atoms with Crippen molar-refractivity contribution < 1.29 is 8.78 Å². The average Bonchev–Trinajstić information content (AvgIpc) is 2.86. The van der Waals surface area contributed by atoms with Gasteiger partial charge in [0.05, 0.1) is 5.56 Å². The zero-order chi connectivity index (χ0) is 23.9. The monoisotopic (exact) mass is 455 g/mol. The Labute approximate surface area is 199 Å². The van der Waals surface area contributed by atoms with E-state index >= 15 is 4.39 Å². The van der Waals surface area contributed by atoms with Gasteiger partial charge in [-0.1, -0.05) is 49.7 Å². The molecule has 1 heterocycles. The summed E-state index contributed by atoms with van der Waals surface area (Å²) in [7, 11) is 0. The first-order valence-corrected chi connectivity index (χ1v) is 11.8. The minimum Gasteiger partial charge on any atom is -0.241 e. The van der Waals surface area contributed by atoms with Crippen LogP contribution in [-0.4, -0.2) is 9.97 Å². The van der Waals surface area contributed by atoms with Crippen molar-refractivity contribution in [2.24, 2.45) is 0 Å². The summed E-state index contributed by atoms with van der Waals surface area (Å²) >= 11 is 0. The van der Waals surface area contributed by atoms with Gasteiger partial charge in [-0.25, -0.2) is 18.7 Å². The van der Waals surface area contributed by atoms with Gasteiger partial charge < -0.3 is 0 Å². The Morgan fingerprint density at radius 1 is 0.794 bits per heavy atom. The molecule has 0 aliphatic carbocycles. The maximum absolute atomic E-state index is 15.1. The fraction of sp³-hybridized carbons (Fsp3) is 0.276. The van der Waals surface area contributed by atoms with E-state index in [1.54, 1.807) is 12.1 Å². The van der Waals surface area contributed by atoms with Crippen molar-refractivity contribution in [2.45, 2.75) is 51.9 Å². The number of benzene rings is 3.